The number of hydrogen-bond donors (Lipinski definition) is 0. The third kappa shape index (κ3) is 3.14. The lowest BCUT2D eigenvalue weighted by atomic mass is 10.1. The number of rotatable bonds is 3. The zero-order chi connectivity index (χ0) is 12.3. The molecule has 1 aliphatic rings. The maximum Gasteiger partial charge on any atom is 0.269 e. The molecular weight excluding hydrogens is 216 g/mol. The van der Waals surface area contributed by atoms with Gasteiger partial charge in [-0.25, -0.2) is 0 Å². The monoisotopic (exact) mass is 232 g/mol. The van der Waals surface area contributed by atoms with Crippen LogP contribution in [0.15, 0.2) is 35.9 Å². The Balaban J connectivity index is 1.97. The van der Waals surface area contributed by atoms with Crippen LogP contribution in [0.5, 0.6) is 0 Å². The van der Waals surface area contributed by atoms with E-state index in [9.17, 15) is 10.1 Å². The minimum atomic E-state index is -0.364. The third-order valence-electron chi connectivity index (χ3n) is 3.07. The molecule has 0 saturated carbocycles. The number of non-ortho nitro benzene ring substituents is 1. The summed E-state index contributed by atoms with van der Waals surface area (Å²) in [7, 11) is 0. The Morgan fingerprint density at radius 3 is 2.59 bits per heavy atom. The van der Waals surface area contributed by atoms with Gasteiger partial charge >= 0.3 is 0 Å². The molecule has 1 aliphatic heterocycles. The Hall–Kier alpha value is -1.68. The molecule has 0 N–H and O–H groups in total. The smallest absolute Gasteiger partial charge is 0.269 e. The van der Waals surface area contributed by atoms with E-state index >= 15 is 0 Å². The minimum Gasteiger partial charge on any atom is -0.295 e. The van der Waals surface area contributed by atoms with Gasteiger partial charge in [-0.3, -0.25) is 15.0 Å². The predicted molar refractivity (Wildman–Crippen MR) is 66.7 cm³/mol. The summed E-state index contributed by atoms with van der Waals surface area (Å²) < 4.78 is 0. The molecule has 17 heavy (non-hydrogen) atoms. The van der Waals surface area contributed by atoms with Crippen molar-refractivity contribution in [1.29, 1.82) is 0 Å². The van der Waals surface area contributed by atoms with Crippen LogP contribution >= 0.6 is 0 Å². The first kappa shape index (κ1) is 11.8. The summed E-state index contributed by atoms with van der Waals surface area (Å²) in [6.07, 6.45) is 3.36. The summed E-state index contributed by atoms with van der Waals surface area (Å²) in [5.41, 5.74) is 2.73. The van der Waals surface area contributed by atoms with Crippen LogP contribution in [0.3, 0.4) is 0 Å². The first-order valence-electron chi connectivity index (χ1n) is 5.76. The first-order valence-corrected chi connectivity index (χ1v) is 5.76. The van der Waals surface area contributed by atoms with Crippen LogP contribution < -0.4 is 0 Å². The lowest BCUT2D eigenvalue weighted by Crippen LogP contribution is -2.27. The summed E-state index contributed by atoms with van der Waals surface area (Å²) in [6.45, 7) is 5.06. The van der Waals surface area contributed by atoms with E-state index in [4.69, 9.17) is 0 Å². The summed E-state index contributed by atoms with van der Waals surface area (Å²) in [6, 6.07) is 6.81. The molecule has 0 spiro atoms. The molecule has 0 aliphatic carbocycles. The second kappa shape index (κ2) is 5.10. The fraction of sp³-hybridized carbons (Fsp3) is 0.385. The van der Waals surface area contributed by atoms with Crippen molar-refractivity contribution in [2.24, 2.45) is 0 Å². The van der Waals surface area contributed by atoms with Crippen molar-refractivity contribution in [3.63, 3.8) is 0 Å². The van der Waals surface area contributed by atoms with Crippen LogP contribution in [0, 0.1) is 10.1 Å². The topological polar surface area (TPSA) is 46.4 Å². The molecule has 1 aromatic rings. The van der Waals surface area contributed by atoms with Gasteiger partial charge in [-0.1, -0.05) is 23.8 Å². The maximum absolute atomic E-state index is 10.5. The van der Waals surface area contributed by atoms with Crippen LogP contribution in [0.2, 0.25) is 0 Å². The SMILES string of the molecule is CC1=CCN(Cc2ccc([N+](=O)[O-])cc2)CC1. The zero-order valence-electron chi connectivity index (χ0n) is 9.93. The lowest BCUT2D eigenvalue weighted by molar-refractivity contribution is -0.384. The van der Waals surface area contributed by atoms with Crippen molar-refractivity contribution in [1.82, 2.24) is 4.90 Å². The van der Waals surface area contributed by atoms with Gasteiger partial charge in [0.1, 0.15) is 0 Å². The highest BCUT2D eigenvalue weighted by Gasteiger charge is 2.10. The number of nitro benzene ring substituents is 1. The number of nitrogens with zero attached hydrogens (tertiary/aromatic N) is 2. The molecule has 90 valence electrons. The average Bonchev–Trinajstić information content (AvgIpc) is 2.33. The van der Waals surface area contributed by atoms with Gasteiger partial charge in [-0.2, -0.15) is 0 Å². The number of nitro groups is 1. The highest BCUT2D eigenvalue weighted by atomic mass is 16.6. The molecule has 1 heterocycles. The molecule has 0 amide bonds. The molecule has 0 radical (unpaired) electrons. The second-order valence-electron chi connectivity index (χ2n) is 4.46. The fourth-order valence-corrected chi connectivity index (χ4v) is 1.94. The molecule has 1 aromatic carbocycles. The molecule has 4 nitrogen and oxygen atoms in total. The lowest BCUT2D eigenvalue weighted by Gasteiger charge is -2.25. The van der Waals surface area contributed by atoms with Crippen molar-refractivity contribution in [3.05, 3.63) is 51.6 Å². The minimum absolute atomic E-state index is 0.156. The molecule has 0 atom stereocenters. The van der Waals surface area contributed by atoms with Gasteiger partial charge < -0.3 is 0 Å². The Bertz CT molecular complexity index is 437. The van der Waals surface area contributed by atoms with Crippen LogP contribution in [0.1, 0.15) is 18.9 Å². The van der Waals surface area contributed by atoms with E-state index in [-0.39, 0.29) is 10.6 Å². The number of hydrogen-bond acceptors (Lipinski definition) is 3. The van der Waals surface area contributed by atoms with Crippen LogP contribution in [0.4, 0.5) is 5.69 Å². The Morgan fingerprint density at radius 1 is 1.35 bits per heavy atom. The molecule has 2 rings (SSSR count). The average molecular weight is 232 g/mol. The molecule has 0 saturated heterocycles. The summed E-state index contributed by atoms with van der Waals surface area (Å²) >= 11 is 0. The Morgan fingerprint density at radius 2 is 2.06 bits per heavy atom. The highest BCUT2D eigenvalue weighted by Crippen LogP contribution is 2.16. The Kier molecular flexibility index (Phi) is 3.54. The molecule has 0 aromatic heterocycles. The molecular formula is C13H16N2O2. The van der Waals surface area contributed by atoms with Crippen molar-refractivity contribution >= 4 is 5.69 Å². The standard InChI is InChI=1S/C13H16N2O2/c1-11-6-8-14(9-7-11)10-12-2-4-13(5-3-12)15(16)17/h2-6H,7-10H2,1H3. The van der Waals surface area contributed by atoms with E-state index in [2.05, 4.69) is 17.9 Å². The summed E-state index contributed by atoms with van der Waals surface area (Å²) in [5.74, 6) is 0. The van der Waals surface area contributed by atoms with Gasteiger partial charge in [0.15, 0.2) is 0 Å². The van der Waals surface area contributed by atoms with E-state index in [0.29, 0.717) is 0 Å². The van der Waals surface area contributed by atoms with Crippen LogP contribution in [-0.4, -0.2) is 22.9 Å². The molecule has 0 unspecified atom stereocenters. The zero-order valence-corrected chi connectivity index (χ0v) is 9.93. The quantitative estimate of drug-likeness (QED) is 0.457. The molecule has 4 heteroatoms. The van der Waals surface area contributed by atoms with E-state index in [1.54, 1.807) is 12.1 Å². The van der Waals surface area contributed by atoms with Gasteiger partial charge in [0.05, 0.1) is 4.92 Å². The number of benzene rings is 1. The second-order valence-corrected chi connectivity index (χ2v) is 4.46. The summed E-state index contributed by atoms with van der Waals surface area (Å²) in [4.78, 5) is 12.5. The van der Waals surface area contributed by atoms with Crippen molar-refractivity contribution < 1.29 is 4.92 Å². The van der Waals surface area contributed by atoms with Crippen molar-refractivity contribution in [2.45, 2.75) is 19.9 Å². The van der Waals surface area contributed by atoms with Gasteiger partial charge in [0, 0.05) is 31.8 Å². The highest BCUT2D eigenvalue weighted by molar-refractivity contribution is 5.32. The van der Waals surface area contributed by atoms with Gasteiger partial charge in [0.25, 0.3) is 5.69 Å². The van der Waals surface area contributed by atoms with E-state index in [0.717, 1.165) is 31.6 Å². The van der Waals surface area contributed by atoms with Gasteiger partial charge in [-0.05, 0) is 18.9 Å². The fourth-order valence-electron chi connectivity index (χ4n) is 1.94. The van der Waals surface area contributed by atoms with Crippen molar-refractivity contribution in [3.8, 4) is 0 Å². The predicted octanol–water partition coefficient (Wildman–Crippen LogP) is 2.75. The van der Waals surface area contributed by atoms with E-state index < -0.39 is 0 Å². The largest absolute Gasteiger partial charge is 0.295 e. The van der Waals surface area contributed by atoms with Crippen LogP contribution in [-0.2, 0) is 6.54 Å². The normalized spacial score (nSPS) is 16.6. The Labute approximate surface area is 101 Å². The van der Waals surface area contributed by atoms with Crippen LogP contribution in [0.25, 0.3) is 0 Å². The van der Waals surface area contributed by atoms with Gasteiger partial charge in [0.2, 0.25) is 0 Å². The molecule has 0 fully saturated rings. The maximum atomic E-state index is 10.5. The molecule has 0 bridgehead atoms. The van der Waals surface area contributed by atoms with E-state index in [1.165, 1.54) is 5.57 Å². The van der Waals surface area contributed by atoms with Crippen molar-refractivity contribution in [2.75, 3.05) is 13.1 Å². The van der Waals surface area contributed by atoms with E-state index in [1.807, 2.05) is 12.1 Å². The first-order chi connectivity index (χ1) is 8.15. The third-order valence-corrected chi connectivity index (χ3v) is 3.07. The van der Waals surface area contributed by atoms with Gasteiger partial charge in [-0.15, -0.1) is 0 Å². The summed E-state index contributed by atoms with van der Waals surface area (Å²) in [5, 5.41) is 10.5.